The molecule has 2 unspecified atom stereocenters. The molecular formula is C16H15Cl2N3O2S. The fraction of sp³-hybridized carbons (Fsp3) is 0.375. The van der Waals surface area contributed by atoms with Crippen LogP contribution in [0.1, 0.15) is 35.7 Å². The Hall–Kier alpha value is -1.21. The van der Waals surface area contributed by atoms with Gasteiger partial charge >= 0.3 is 0 Å². The highest BCUT2D eigenvalue weighted by molar-refractivity contribution is 7.89. The molecule has 0 saturated carbocycles. The van der Waals surface area contributed by atoms with Crippen LogP contribution < -0.4 is 0 Å². The minimum absolute atomic E-state index is 0.0885. The average Bonchev–Trinajstić information content (AvgIpc) is 2.87. The third kappa shape index (κ3) is 2.36. The van der Waals surface area contributed by atoms with E-state index in [0.717, 1.165) is 24.1 Å². The second-order valence-corrected chi connectivity index (χ2v) is 8.87. The zero-order chi connectivity index (χ0) is 17.1. The van der Waals surface area contributed by atoms with Crippen molar-refractivity contribution in [2.75, 3.05) is 0 Å². The van der Waals surface area contributed by atoms with E-state index >= 15 is 0 Å². The summed E-state index contributed by atoms with van der Waals surface area (Å²) in [7, 11) is -3.72. The second kappa shape index (κ2) is 5.66. The van der Waals surface area contributed by atoms with Crippen LogP contribution in [-0.4, -0.2) is 28.7 Å². The topological polar surface area (TPSA) is 63.2 Å². The van der Waals surface area contributed by atoms with Crippen LogP contribution in [0, 0.1) is 6.92 Å². The molecule has 8 heteroatoms. The number of fused-ring (bicyclic) bond motifs is 4. The van der Waals surface area contributed by atoms with Crippen molar-refractivity contribution in [3.8, 4) is 0 Å². The Labute approximate surface area is 150 Å². The Bertz CT molecular complexity index is 933. The number of halogens is 2. The minimum Gasteiger partial charge on any atom is -0.244 e. The molecule has 4 rings (SSSR count). The van der Waals surface area contributed by atoms with E-state index in [9.17, 15) is 8.42 Å². The molecule has 24 heavy (non-hydrogen) atoms. The Morgan fingerprint density at radius 1 is 1.21 bits per heavy atom. The van der Waals surface area contributed by atoms with Gasteiger partial charge in [0.15, 0.2) is 0 Å². The molecule has 2 aliphatic heterocycles. The fourth-order valence-electron chi connectivity index (χ4n) is 3.69. The van der Waals surface area contributed by atoms with Crippen molar-refractivity contribution in [2.24, 2.45) is 0 Å². The van der Waals surface area contributed by atoms with Crippen molar-refractivity contribution < 1.29 is 8.42 Å². The lowest BCUT2D eigenvalue weighted by Gasteiger charge is -2.34. The summed E-state index contributed by atoms with van der Waals surface area (Å²) < 4.78 is 28.2. The second-order valence-electron chi connectivity index (χ2n) is 6.24. The summed E-state index contributed by atoms with van der Waals surface area (Å²) in [6.45, 7) is 1.77. The summed E-state index contributed by atoms with van der Waals surface area (Å²) >= 11 is 12.3. The van der Waals surface area contributed by atoms with Crippen LogP contribution in [0.2, 0.25) is 10.0 Å². The minimum atomic E-state index is -3.72. The van der Waals surface area contributed by atoms with Crippen LogP contribution in [0.4, 0.5) is 0 Å². The van der Waals surface area contributed by atoms with E-state index in [1.165, 1.54) is 12.4 Å². The molecule has 5 nitrogen and oxygen atoms in total. The van der Waals surface area contributed by atoms with E-state index in [4.69, 9.17) is 23.2 Å². The molecule has 0 spiro atoms. The van der Waals surface area contributed by atoms with Crippen molar-refractivity contribution in [3.05, 3.63) is 51.5 Å². The molecule has 2 aromatic rings. The first-order chi connectivity index (χ1) is 11.4. The van der Waals surface area contributed by atoms with Gasteiger partial charge in [-0.1, -0.05) is 23.2 Å². The fourth-order valence-corrected chi connectivity index (χ4v) is 6.35. The van der Waals surface area contributed by atoms with Crippen LogP contribution in [0.5, 0.6) is 0 Å². The molecule has 0 radical (unpaired) electrons. The number of sulfonamides is 1. The number of rotatable bonds is 2. The maximum atomic E-state index is 13.3. The third-order valence-corrected chi connectivity index (χ3v) is 7.66. The number of aromatic nitrogens is 2. The van der Waals surface area contributed by atoms with E-state index in [-0.39, 0.29) is 22.0 Å². The van der Waals surface area contributed by atoms with Gasteiger partial charge in [-0.15, -0.1) is 0 Å². The molecule has 1 saturated heterocycles. The summed E-state index contributed by atoms with van der Waals surface area (Å²) in [5.74, 6) is 0. The lowest BCUT2D eigenvalue weighted by atomic mass is 10.0. The van der Waals surface area contributed by atoms with Gasteiger partial charge in [-0.2, -0.15) is 4.31 Å². The number of benzene rings is 1. The number of hydrogen-bond donors (Lipinski definition) is 0. The van der Waals surface area contributed by atoms with Crippen molar-refractivity contribution >= 4 is 33.2 Å². The third-order valence-electron chi connectivity index (χ3n) is 4.82. The lowest BCUT2D eigenvalue weighted by molar-refractivity contribution is 0.300. The molecule has 1 aromatic carbocycles. The first-order valence-electron chi connectivity index (χ1n) is 7.67. The van der Waals surface area contributed by atoms with E-state index < -0.39 is 10.0 Å². The summed E-state index contributed by atoms with van der Waals surface area (Å²) in [5, 5.41) is 0.611. The Morgan fingerprint density at radius 2 is 2.00 bits per heavy atom. The van der Waals surface area contributed by atoms with Crippen molar-refractivity contribution in [3.63, 3.8) is 0 Å². The predicted octanol–water partition coefficient (Wildman–Crippen LogP) is 3.54. The van der Waals surface area contributed by atoms with E-state index in [1.807, 2.05) is 0 Å². The SMILES string of the molecule is Cc1cc(S(=O)(=O)N2C3CCC2c2cncnc2C3)c(Cl)cc1Cl. The van der Waals surface area contributed by atoms with Gasteiger partial charge in [-0.05, 0) is 37.5 Å². The van der Waals surface area contributed by atoms with Gasteiger partial charge in [0.25, 0.3) is 0 Å². The Kier molecular flexibility index (Phi) is 3.84. The van der Waals surface area contributed by atoms with Gasteiger partial charge in [-0.3, -0.25) is 0 Å². The van der Waals surface area contributed by atoms with Crippen molar-refractivity contribution in [1.29, 1.82) is 0 Å². The molecule has 0 N–H and O–H groups in total. The zero-order valence-corrected chi connectivity index (χ0v) is 15.2. The first-order valence-corrected chi connectivity index (χ1v) is 9.87. The Balaban J connectivity index is 1.83. The van der Waals surface area contributed by atoms with Gasteiger partial charge in [0.05, 0.1) is 16.8 Å². The maximum absolute atomic E-state index is 13.3. The molecule has 3 heterocycles. The van der Waals surface area contributed by atoms with E-state index in [2.05, 4.69) is 9.97 Å². The molecule has 2 atom stereocenters. The van der Waals surface area contributed by atoms with Gasteiger partial charge in [0.2, 0.25) is 10.0 Å². The highest BCUT2D eigenvalue weighted by Crippen LogP contribution is 2.46. The summed E-state index contributed by atoms with van der Waals surface area (Å²) in [6, 6.07) is 2.73. The van der Waals surface area contributed by atoms with Gasteiger partial charge in [0.1, 0.15) is 11.2 Å². The number of nitrogens with zero attached hydrogens (tertiary/aromatic N) is 3. The molecule has 2 aliphatic rings. The first kappa shape index (κ1) is 16.3. The quantitative estimate of drug-likeness (QED) is 0.795. The standard InChI is InChI=1S/C16H15Cl2N3O2S/c1-9-4-16(13(18)6-12(9)17)24(22,23)21-10-2-3-15(21)11-7-19-8-20-14(11)5-10/h4,6-8,10,15H,2-3,5H2,1H3. The molecule has 0 aliphatic carbocycles. The van der Waals surface area contributed by atoms with Gasteiger partial charge in [-0.25, -0.2) is 18.4 Å². The molecule has 0 amide bonds. The summed E-state index contributed by atoms with van der Waals surface area (Å²) in [4.78, 5) is 8.50. The van der Waals surface area contributed by atoms with Crippen molar-refractivity contribution in [1.82, 2.24) is 14.3 Å². The average molecular weight is 384 g/mol. The molecule has 2 bridgehead atoms. The molecule has 1 fully saturated rings. The molecular weight excluding hydrogens is 369 g/mol. The normalized spacial score (nSPS) is 23.3. The van der Waals surface area contributed by atoms with Crippen LogP contribution in [-0.2, 0) is 16.4 Å². The zero-order valence-electron chi connectivity index (χ0n) is 12.9. The smallest absolute Gasteiger partial charge is 0.244 e. The largest absolute Gasteiger partial charge is 0.245 e. The monoisotopic (exact) mass is 383 g/mol. The molecule has 1 aromatic heterocycles. The summed E-state index contributed by atoms with van der Waals surface area (Å²) in [6.07, 6.45) is 5.43. The highest BCUT2D eigenvalue weighted by atomic mass is 35.5. The van der Waals surface area contributed by atoms with E-state index in [1.54, 1.807) is 23.5 Å². The maximum Gasteiger partial charge on any atom is 0.245 e. The molecule has 126 valence electrons. The summed E-state index contributed by atoms with van der Waals surface area (Å²) in [5.41, 5.74) is 2.53. The van der Waals surface area contributed by atoms with Gasteiger partial charge < -0.3 is 0 Å². The Morgan fingerprint density at radius 3 is 2.79 bits per heavy atom. The number of hydrogen-bond acceptors (Lipinski definition) is 4. The van der Waals surface area contributed by atoms with Crippen LogP contribution in [0.15, 0.2) is 29.6 Å². The van der Waals surface area contributed by atoms with Gasteiger partial charge in [0, 0.05) is 29.2 Å². The van der Waals surface area contributed by atoms with Crippen LogP contribution >= 0.6 is 23.2 Å². The van der Waals surface area contributed by atoms with Crippen molar-refractivity contribution in [2.45, 2.75) is 43.2 Å². The van der Waals surface area contributed by atoms with Crippen LogP contribution in [0.3, 0.4) is 0 Å². The predicted molar refractivity (Wildman–Crippen MR) is 91.7 cm³/mol. The van der Waals surface area contributed by atoms with Crippen LogP contribution in [0.25, 0.3) is 0 Å². The van der Waals surface area contributed by atoms with E-state index in [0.29, 0.717) is 17.0 Å². The lowest BCUT2D eigenvalue weighted by Crippen LogP contribution is -2.42. The number of aryl methyl sites for hydroxylation is 1. The highest BCUT2D eigenvalue weighted by Gasteiger charge is 2.47.